The maximum absolute atomic E-state index is 13.5. The SMILES string of the molecule is O=CN1CCOCC(Cc2ccccc2F)C1. The van der Waals surface area contributed by atoms with Crippen molar-refractivity contribution in [2.24, 2.45) is 5.92 Å². The molecule has 92 valence electrons. The van der Waals surface area contributed by atoms with E-state index in [1.54, 1.807) is 17.0 Å². The molecule has 0 aromatic heterocycles. The van der Waals surface area contributed by atoms with Gasteiger partial charge in [-0.15, -0.1) is 0 Å². The highest BCUT2D eigenvalue weighted by molar-refractivity contribution is 5.47. The Labute approximate surface area is 100 Å². The molecule has 1 aromatic carbocycles. The fourth-order valence-corrected chi connectivity index (χ4v) is 2.10. The first-order valence-corrected chi connectivity index (χ1v) is 5.80. The molecule has 0 spiro atoms. The Balaban J connectivity index is 2.02. The lowest BCUT2D eigenvalue weighted by Gasteiger charge is -2.19. The quantitative estimate of drug-likeness (QED) is 0.745. The average Bonchev–Trinajstić information content (AvgIpc) is 2.57. The third-order valence-corrected chi connectivity index (χ3v) is 2.98. The zero-order chi connectivity index (χ0) is 12.1. The van der Waals surface area contributed by atoms with Gasteiger partial charge in [0.25, 0.3) is 0 Å². The molecule has 1 atom stereocenters. The fourth-order valence-electron chi connectivity index (χ4n) is 2.10. The number of hydrogen-bond acceptors (Lipinski definition) is 2. The van der Waals surface area contributed by atoms with Gasteiger partial charge in [-0.05, 0) is 18.1 Å². The van der Waals surface area contributed by atoms with Crippen LogP contribution in [0.5, 0.6) is 0 Å². The molecular weight excluding hydrogens is 221 g/mol. The second-order valence-electron chi connectivity index (χ2n) is 4.34. The second kappa shape index (κ2) is 5.77. The molecule has 0 bridgehead atoms. The lowest BCUT2D eigenvalue weighted by atomic mass is 9.99. The predicted octanol–water partition coefficient (Wildman–Crippen LogP) is 1.47. The Morgan fingerprint density at radius 1 is 1.47 bits per heavy atom. The number of benzene rings is 1. The minimum Gasteiger partial charge on any atom is -0.379 e. The van der Waals surface area contributed by atoms with E-state index in [1.807, 2.05) is 6.07 Å². The molecule has 1 aliphatic heterocycles. The lowest BCUT2D eigenvalue weighted by Crippen LogP contribution is -2.29. The molecule has 17 heavy (non-hydrogen) atoms. The number of nitrogens with zero attached hydrogens (tertiary/aromatic N) is 1. The van der Waals surface area contributed by atoms with E-state index in [9.17, 15) is 9.18 Å². The lowest BCUT2D eigenvalue weighted by molar-refractivity contribution is -0.118. The van der Waals surface area contributed by atoms with Crippen LogP contribution in [0.2, 0.25) is 0 Å². The summed E-state index contributed by atoms with van der Waals surface area (Å²) in [6.07, 6.45) is 1.44. The van der Waals surface area contributed by atoms with Crippen molar-refractivity contribution >= 4 is 6.41 Å². The summed E-state index contributed by atoms with van der Waals surface area (Å²) < 4.78 is 18.9. The summed E-state index contributed by atoms with van der Waals surface area (Å²) in [6, 6.07) is 6.75. The molecule has 1 saturated heterocycles. The topological polar surface area (TPSA) is 29.5 Å². The van der Waals surface area contributed by atoms with Gasteiger partial charge in [-0.3, -0.25) is 4.79 Å². The minimum absolute atomic E-state index is 0.166. The number of halogens is 1. The minimum atomic E-state index is -0.186. The van der Waals surface area contributed by atoms with Gasteiger partial charge in [-0.2, -0.15) is 0 Å². The van der Waals surface area contributed by atoms with Crippen molar-refractivity contribution in [3.8, 4) is 0 Å². The molecular formula is C13H16FNO2. The van der Waals surface area contributed by atoms with Gasteiger partial charge in [0.05, 0.1) is 13.2 Å². The van der Waals surface area contributed by atoms with Crippen molar-refractivity contribution in [1.82, 2.24) is 4.90 Å². The van der Waals surface area contributed by atoms with E-state index in [1.165, 1.54) is 6.07 Å². The monoisotopic (exact) mass is 237 g/mol. The van der Waals surface area contributed by atoms with E-state index in [4.69, 9.17) is 4.74 Å². The predicted molar refractivity (Wildman–Crippen MR) is 62.1 cm³/mol. The smallest absolute Gasteiger partial charge is 0.209 e. The molecule has 0 N–H and O–H groups in total. The van der Waals surface area contributed by atoms with E-state index in [2.05, 4.69) is 0 Å². The van der Waals surface area contributed by atoms with Gasteiger partial charge in [0.2, 0.25) is 6.41 Å². The van der Waals surface area contributed by atoms with E-state index < -0.39 is 0 Å². The highest BCUT2D eigenvalue weighted by Crippen LogP contribution is 2.15. The van der Waals surface area contributed by atoms with Crippen molar-refractivity contribution < 1.29 is 13.9 Å². The summed E-state index contributed by atoms with van der Waals surface area (Å²) in [4.78, 5) is 12.5. The van der Waals surface area contributed by atoms with Crippen molar-refractivity contribution in [3.05, 3.63) is 35.6 Å². The summed E-state index contributed by atoms with van der Waals surface area (Å²) in [7, 11) is 0. The highest BCUT2D eigenvalue weighted by Gasteiger charge is 2.18. The largest absolute Gasteiger partial charge is 0.379 e. The standard InChI is InChI=1S/C13H16FNO2/c14-13-4-2-1-3-12(13)7-11-8-15(10-16)5-6-17-9-11/h1-4,10-11H,5-9H2. The van der Waals surface area contributed by atoms with Crippen molar-refractivity contribution in [2.75, 3.05) is 26.3 Å². The van der Waals surface area contributed by atoms with Crippen LogP contribution in [0, 0.1) is 11.7 Å². The molecule has 4 heteroatoms. The van der Waals surface area contributed by atoms with E-state index in [-0.39, 0.29) is 11.7 Å². The van der Waals surface area contributed by atoms with Crippen LogP contribution < -0.4 is 0 Å². The summed E-state index contributed by atoms with van der Waals surface area (Å²) >= 11 is 0. The molecule has 1 fully saturated rings. The van der Waals surface area contributed by atoms with Gasteiger partial charge in [0, 0.05) is 19.0 Å². The van der Waals surface area contributed by atoms with Crippen LogP contribution in [0.15, 0.2) is 24.3 Å². The summed E-state index contributed by atoms with van der Waals surface area (Å²) in [5.74, 6) is -0.0194. The van der Waals surface area contributed by atoms with Gasteiger partial charge < -0.3 is 9.64 Å². The Bertz CT molecular complexity index is 383. The zero-order valence-electron chi connectivity index (χ0n) is 9.64. The first-order chi connectivity index (χ1) is 8.29. The van der Waals surface area contributed by atoms with Crippen LogP contribution in [0.25, 0.3) is 0 Å². The molecule has 1 amide bonds. The van der Waals surface area contributed by atoms with Gasteiger partial charge in [0.1, 0.15) is 5.82 Å². The number of carbonyl (C=O) groups is 1. The number of carbonyl (C=O) groups excluding carboxylic acids is 1. The molecule has 0 radical (unpaired) electrons. The van der Waals surface area contributed by atoms with Gasteiger partial charge in [-0.1, -0.05) is 18.2 Å². The molecule has 3 nitrogen and oxygen atoms in total. The van der Waals surface area contributed by atoms with Gasteiger partial charge in [-0.25, -0.2) is 4.39 Å². The van der Waals surface area contributed by atoms with Crippen LogP contribution in [-0.4, -0.2) is 37.6 Å². The van der Waals surface area contributed by atoms with Gasteiger partial charge in [0.15, 0.2) is 0 Å². The van der Waals surface area contributed by atoms with Crippen LogP contribution in [0.1, 0.15) is 5.56 Å². The fraction of sp³-hybridized carbons (Fsp3) is 0.462. The maximum atomic E-state index is 13.5. The van der Waals surface area contributed by atoms with Crippen LogP contribution in [0.4, 0.5) is 4.39 Å². The van der Waals surface area contributed by atoms with Crippen molar-refractivity contribution in [2.45, 2.75) is 6.42 Å². The van der Waals surface area contributed by atoms with E-state index >= 15 is 0 Å². The summed E-state index contributed by atoms with van der Waals surface area (Å²) in [5.41, 5.74) is 0.689. The molecule has 1 aromatic rings. The molecule has 1 aliphatic rings. The van der Waals surface area contributed by atoms with Crippen LogP contribution >= 0.6 is 0 Å². The highest BCUT2D eigenvalue weighted by atomic mass is 19.1. The normalized spacial score (nSPS) is 21.0. The van der Waals surface area contributed by atoms with Gasteiger partial charge >= 0.3 is 0 Å². The Morgan fingerprint density at radius 3 is 3.06 bits per heavy atom. The molecule has 1 heterocycles. The Kier molecular flexibility index (Phi) is 4.09. The third kappa shape index (κ3) is 3.27. The van der Waals surface area contributed by atoms with Crippen molar-refractivity contribution in [3.63, 3.8) is 0 Å². The molecule has 0 aliphatic carbocycles. The maximum Gasteiger partial charge on any atom is 0.209 e. The second-order valence-corrected chi connectivity index (χ2v) is 4.34. The molecule has 0 saturated carbocycles. The van der Waals surface area contributed by atoms with E-state index in [0.717, 1.165) is 6.41 Å². The third-order valence-electron chi connectivity index (χ3n) is 2.98. The Morgan fingerprint density at radius 2 is 2.29 bits per heavy atom. The number of hydrogen-bond donors (Lipinski definition) is 0. The first kappa shape index (κ1) is 12.0. The van der Waals surface area contributed by atoms with Crippen LogP contribution in [-0.2, 0) is 16.0 Å². The first-order valence-electron chi connectivity index (χ1n) is 5.80. The van der Waals surface area contributed by atoms with Crippen LogP contribution in [0.3, 0.4) is 0 Å². The summed E-state index contributed by atoms with van der Waals surface area (Å²) in [6.45, 7) is 2.40. The average molecular weight is 237 g/mol. The zero-order valence-corrected chi connectivity index (χ0v) is 9.64. The molecule has 2 rings (SSSR count). The number of rotatable bonds is 3. The number of amides is 1. The van der Waals surface area contributed by atoms with E-state index in [0.29, 0.717) is 38.3 Å². The van der Waals surface area contributed by atoms with Crippen molar-refractivity contribution in [1.29, 1.82) is 0 Å². The number of ether oxygens (including phenoxy) is 1. The molecule has 1 unspecified atom stereocenters. The Hall–Kier alpha value is -1.42. The summed E-state index contributed by atoms with van der Waals surface area (Å²) in [5, 5.41) is 0.